The molecule has 2 amide bonds. The molecule has 0 unspecified atom stereocenters. The minimum atomic E-state index is -0.853. The number of aliphatic carboxylic acids is 1. The van der Waals surface area contributed by atoms with E-state index in [9.17, 15) is 14.4 Å². The summed E-state index contributed by atoms with van der Waals surface area (Å²) >= 11 is 0. The summed E-state index contributed by atoms with van der Waals surface area (Å²) in [5.74, 6) is -1.58. The van der Waals surface area contributed by atoms with Crippen LogP contribution in [0.2, 0.25) is 0 Å². The number of carbonyl (C=O) groups is 3. The molecule has 0 aromatic carbocycles. The highest BCUT2D eigenvalue weighted by Crippen LogP contribution is 2.36. The van der Waals surface area contributed by atoms with Crippen LogP contribution in [0.25, 0.3) is 0 Å². The maximum atomic E-state index is 12.5. The number of nitrogens with zero attached hydrogens (tertiary/aromatic N) is 2. The number of hydrogen-bond acceptors (Lipinski definition) is 5. The molecule has 1 aliphatic heterocycles. The first-order chi connectivity index (χ1) is 12.0. The third-order valence-corrected chi connectivity index (χ3v) is 4.17. The van der Waals surface area contributed by atoms with E-state index < -0.39 is 11.9 Å². The lowest BCUT2D eigenvalue weighted by molar-refractivity contribution is -0.137. The van der Waals surface area contributed by atoms with Gasteiger partial charge in [-0.2, -0.15) is 0 Å². The van der Waals surface area contributed by atoms with Crippen molar-refractivity contribution in [3.63, 3.8) is 0 Å². The molecular formula is C17H23N3O5. The van der Waals surface area contributed by atoms with Gasteiger partial charge in [-0.25, -0.2) is 0 Å². The fourth-order valence-electron chi connectivity index (χ4n) is 2.92. The molecule has 136 valence electrons. The molecule has 0 aliphatic carbocycles. The van der Waals surface area contributed by atoms with Crippen LogP contribution in [0.3, 0.4) is 0 Å². The fraction of sp³-hybridized carbons (Fsp3) is 0.529. The Morgan fingerprint density at radius 1 is 1.44 bits per heavy atom. The van der Waals surface area contributed by atoms with Gasteiger partial charge in [0.25, 0.3) is 0 Å². The van der Waals surface area contributed by atoms with Crippen molar-refractivity contribution >= 4 is 17.8 Å². The van der Waals surface area contributed by atoms with Crippen LogP contribution in [0.1, 0.15) is 30.9 Å². The number of pyridine rings is 1. The number of carbonyl (C=O) groups excluding carboxylic acids is 2. The van der Waals surface area contributed by atoms with Crippen molar-refractivity contribution in [1.82, 2.24) is 15.2 Å². The van der Waals surface area contributed by atoms with Crippen molar-refractivity contribution in [3.8, 4) is 0 Å². The third kappa shape index (κ3) is 5.25. The van der Waals surface area contributed by atoms with Crippen LogP contribution in [0.5, 0.6) is 0 Å². The molecule has 0 bridgehead atoms. The molecule has 0 radical (unpaired) electrons. The van der Waals surface area contributed by atoms with E-state index in [0.29, 0.717) is 26.2 Å². The average Bonchev–Trinajstić information content (AvgIpc) is 2.89. The smallest absolute Gasteiger partial charge is 0.303 e. The summed E-state index contributed by atoms with van der Waals surface area (Å²) in [6.45, 7) is 0.963. The molecule has 0 saturated carbocycles. The number of amides is 2. The van der Waals surface area contributed by atoms with Crippen molar-refractivity contribution in [2.24, 2.45) is 5.92 Å². The van der Waals surface area contributed by atoms with E-state index in [0.717, 1.165) is 5.56 Å². The van der Waals surface area contributed by atoms with Crippen LogP contribution in [0.15, 0.2) is 24.5 Å². The van der Waals surface area contributed by atoms with Gasteiger partial charge in [0, 0.05) is 45.4 Å². The van der Waals surface area contributed by atoms with E-state index in [-0.39, 0.29) is 30.7 Å². The minimum absolute atomic E-state index is 0.0651. The van der Waals surface area contributed by atoms with Crippen LogP contribution in [0, 0.1) is 5.92 Å². The first-order valence-electron chi connectivity index (χ1n) is 8.23. The second-order valence-corrected chi connectivity index (χ2v) is 5.95. The number of ether oxygens (including phenoxy) is 1. The second kappa shape index (κ2) is 9.12. The quantitative estimate of drug-likeness (QED) is 0.632. The van der Waals surface area contributed by atoms with Crippen LogP contribution in [0.4, 0.5) is 0 Å². The average molecular weight is 349 g/mol. The van der Waals surface area contributed by atoms with Crippen molar-refractivity contribution < 1.29 is 24.2 Å². The molecule has 2 heterocycles. The van der Waals surface area contributed by atoms with E-state index >= 15 is 0 Å². The monoisotopic (exact) mass is 349 g/mol. The predicted octanol–water partition coefficient (Wildman–Crippen LogP) is 0.599. The van der Waals surface area contributed by atoms with E-state index in [4.69, 9.17) is 9.84 Å². The Kier molecular flexibility index (Phi) is 6.88. The number of rotatable bonds is 9. The molecule has 1 aromatic heterocycles. The number of carboxylic acid groups (broad SMARTS) is 1. The Morgan fingerprint density at radius 3 is 2.92 bits per heavy atom. The number of nitrogens with one attached hydrogen (secondary N) is 1. The van der Waals surface area contributed by atoms with Crippen molar-refractivity contribution in [2.45, 2.75) is 25.3 Å². The second-order valence-electron chi connectivity index (χ2n) is 5.95. The summed E-state index contributed by atoms with van der Waals surface area (Å²) in [6, 6.07) is 3.32. The van der Waals surface area contributed by atoms with Crippen molar-refractivity contribution in [2.75, 3.05) is 26.8 Å². The van der Waals surface area contributed by atoms with Gasteiger partial charge in [-0.05, 0) is 18.1 Å². The fourth-order valence-corrected chi connectivity index (χ4v) is 2.92. The summed E-state index contributed by atoms with van der Waals surface area (Å²) in [6.07, 6.45) is 3.99. The Hall–Kier alpha value is -2.48. The molecule has 0 spiro atoms. The lowest BCUT2D eigenvalue weighted by atomic mass is 9.94. The van der Waals surface area contributed by atoms with Crippen molar-refractivity contribution in [1.29, 1.82) is 0 Å². The molecule has 8 heteroatoms. The SMILES string of the molecule is CN1C(=O)C[C@H](C(=O)NCCOCCCC(=O)O)[C@H]1c1cccnc1. The Balaban J connectivity index is 1.81. The maximum absolute atomic E-state index is 12.5. The Bertz CT molecular complexity index is 608. The Labute approximate surface area is 146 Å². The van der Waals surface area contributed by atoms with Gasteiger partial charge in [0.05, 0.1) is 18.6 Å². The number of likely N-dealkylation sites (tertiary alicyclic amines) is 1. The van der Waals surface area contributed by atoms with E-state index in [1.807, 2.05) is 6.07 Å². The van der Waals surface area contributed by atoms with Crippen molar-refractivity contribution in [3.05, 3.63) is 30.1 Å². The standard InChI is InChI=1S/C17H23N3O5/c1-20-14(21)10-13(16(20)12-4-2-6-18-11-12)17(24)19-7-9-25-8-3-5-15(22)23/h2,4,6,11,13,16H,3,5,7-10H2,1H3,(H,19,24)(H,22,23)/t13-,16+/m0/s1. The third-order valence-electron chi connectivity index (χ3n) is 4.17. The summed E-state index contributed by atoms with van der Waals surface area (Å²) in [5.41, 5.74) is 0.834. The van der Waals surface area contributed by atoms with Crippen LogP contribution in [-0.4, -0.2) is 59.6 Å². The molecule has 2 atom stereocenters. The lowest BCUT2D eigenvalue weighted by Crippen LogP contribution is -2.36. The summed E-state index contributed by atoms with van der Waals surface area (Å²) in [5, 5.41) is 11.3. The van der Waals surface area contributed by atoms with Gasteiger partial charge in [0.15, 0.2) is 0 Å². The highest BCUT2D eigenvalue weighted by atomic mass is 16.5. The topological polar surface area (TPSA) is 109 Å². The van der Waals surface area contributed by atoms with Crippen LogP contribution >= 0.6 is 0 Å². The van der Waals surface area contributed by atoms with Gasteiger partial charge in [-0.3, -0.25) is 19.4 Å². The maximum Gasteiger partial charge on any atom is 0.303 e. The number of hydrogen-bond donors (Lipinski definition) is 2. The molecule has 1 saturated heterocycles. The Morgan fingerprint density at radius 2 is 2.24 bits per heavy atom. The van der Waals surface area contributed by atoms with Gasteiger partial charge in [-0.15, -0.1) is 0 Å². The zero-order valence-electron chi connectivity index (χ0n) is 14.2. The normalized spacial score (nSPS) is 19.9. The minimum Gasteiger partial charge on any atom is -0.481 e. The molecule has 1 fully saturated rings. The molecule has 8 nitrogen and oxygen atoms in total. The largest absolute Gasteiger partial charge is 0.481 e. The molecule has 2 rings (SSSR count). The number of aromatic nitrogens is 1. The lowest BCUT2D eigenvalue weighted by Gasteiger charge is -2.24. The van der Waals surface area contributed by atoms with E-state index in [1.165, 1.54) is 0 Å². The van der Waals surface area contributed by atoms with Gasteiger partial charge in [-0.1, -0.05) is 6.07 Å². The molecule has 1 aliphatic rings. The summed E-state index contributed by atoms with van der Waals surface area (Å²) in [4.78, 5) is 40.5. The first kappa shape index (κ1) is 18.9. The highest BCUT2D eigenvalue weighted by Gasteiger charge is 2.42. The predicted molar refractivity (Wildman–Crippen MR) is 88.6 cm³/mol. The number of carboxylic acids is 1. The summed E-state index contributed by atoms with van der Waals surface area (Å²) < 4.78 is 5.29. The molecular weight excluding hydrogens is 326 g/mol. The zero-order chi connectivity index (χ0) is 18.2. The van der Waals surface area contributed by atoms with Crippen LogP contribution in [-0.2, 0) is 19.1 Å². The van der Waals surface area contributed by atoms with Gasteiger partial charge >= 0.3 is 5.97 Å². The molecule has 2 N–H and O–H groups in total. The van der Waals surface area contributed by atoms with Gasteiger partial charge in [0.2, 0.25) is 11.8 Å². The summed E-state index contributed by atoms with van der Waals surface area (Å²) in [7, 11) is 1.69. The highest BCUT2D eigenvalue weighted by molar-refractivity contribution is 5.90. The first-order valence-corrected chi connectivity index (χ1v) is 8.23. The zero-order valence-corrected chi connectivity index (χ0v) is 14.2. The van der Waals surface area contributed by atoms with Gasteiger partial charge in [0.1, 0.15) is 0 Å². The van der Waals surface area contributed by atoms with E-state index in [1.54, 1.807) is 30.4 Å². The van der Waals surface area contributed by atoms with Gasteiger partial charge < -0.3 is 20.1 Å². The molecule has 1 aromatic rings. The molecule has 25 heavy (non-hydrogen) atoms. The van der Waals surface area contributed by atoms with Crippen LogP contribution < -0.4 is 5.32 Å². The van der Waals surface area contributed by atoms with E-state index in [2.05, 4.69) is 10.3 Å².